The Kier molecular flexibility index (Phi) is 5.55. The third-order valence-electron chi connectivity index (χ3n) is 6.14. The fourth-order valence-electron chi connectivity index (χ4n) is 4.56. The summed E-state index contributed by atoms with van der Waals surface area (Å²) in [5.74, 6) is 0.636. The molecule has 172 valence electrons. The van der Waals surface area contributed by atoms with Gasteiger partial charge in [-0.1, -0.05) is 6.07 Å². The van der Waals surface area contributed by atoms with Crippen molar-refractivity contribution in [1.29, 1.82) is 0 Å². The monoisotopic (exact) mass is 485 g/mol. The summed E-state index contributed by atoms with van der Waals surface area (Å²) in [5, 5.41) is 1.74. The minimum absolute atomic E-state index is 0.0641. The molecule has 0 saturated carbocycles. The normalized spacial score (nSPS) is 21.5. The van der Waals surface area contributed by atoms with Crippen LogP contribution in [0.1, 0.15) is 49.2 Å². The summed E-state index contributed by atoms with van der Waals surface area (Å²) in [7, 11) is -3.52. The molecule has 0 amide bonds. The number of benzene rings is 1. The van der Waals surface area contributed by atoms with Gasteiger partial charge in [-0.3, -0.25) is 0 Å². The van der Waals surface area contributed by atoms with Crippen molar-refractivity contribution in [3.05, 3.63) is 47.1 Å². The summed E-state index contributed by atoms with van der Waals surface area (Å²) < 4.78 is 75.0. The first-order chi connectivity index (χ1) is 15.2. The highest BCUT2D eigenvalue weighted by Gasteiger charge is 2.35. The first kappa shape index (κ1) is 21.9. The summed E-state index contributed by atoms with van der Waals surface area (Å²) in [6.45, 7) is 1.28. The summed E-state index contributed by atoms with van der Waals surface area (Å²) in [6.07, 6.45) is -1.96. The molecule has 4 heterocycles. The van der Waals surface area contributed by atoms with Crippen LogP contribution in [0, 0.1) is 0 Å². The van der Waals surface area contributed by atoms with Crippen LogP contribution in [0.15, 0.2) is 39.9 Å². The Morgan fingerprint density at radius 1 is 1.12 bits per heavy atom. The van der Waals surface area contributed by atoms with E-state index >= 15 is 0 Å². The van der Waals surface area contributed by atoms with E-state index in [-0.39, 0.29) is 12.1 Å². The minimum Gasteiger partial charge on any atom is -0.370 e. The summed E-state index contributed by atoms with van der Waals surface area (Å²) in [6, 6.07) is 6.88. The lowest BCUT2D eigenvalue weighted by atomic mass is 10.1. The number of rotatable bonds is 4. The van der Waals surface area contributed by atoms with Gasteiger partial charge in [0.25, 0.3) is 10.0 Å². The molecule has 0 radical (unpaired) electrons. The average molecular weight is 486 g/mol. The maximum absolute atomic E-state index is 13.2. The second kappa shape index (κ2) is 8.12. The van der Waals surface area contributed by atoms with Crippen molar-refractivity contribution in [3.63, 3.8) is 0 Å². The molecule has 1 aromatic carbocycles. The minimum atomic E-state index is -4.44. The lowest BCUT2D eigenvalue weighted by Gasteiger charge is -2.33. The zero-order chi connectivity index (χ0) is 22.5. The molecular formula is C21H22F3N3O3S2. The number of piperidine rings is 1. The smallest absolute Gasteiger partial charge is 0.370 e. The Morgan fingerprint density at radius 2 is 1.91 bits per heavy atom. The van der Waals surface area contributed by atoms with Crippen LogP contribution >= 0.6 is 11.3 Å². The van der Waals surface area contributed by atoms with Crippen molar-refractivity contribution < 1.29 is 26.3 Å². The van der Waals surface area contributed by atoms with Crippen LogP contribution in [0.2, 0.25) is 0 Å². The van der Waals surface area contributed by atoms with Crippen molar-refractivity contribution >= 4 is 32.4 Å². The van der Waals surface area contributed by atoms with Crippen LogP contribution in [-0.4, -0.2) is 42.0 Å². The van der Waals surface area contributed by atoms with Gasteiger partial charge < -0.3 is 9.30 Å². The van der Waals surface area contributed by atoms with Gasteiger partial charge in [-0.05, 0) is 55.3 Å². The molecule has 0 N–H and O–H groups in total. The molecule has 11 heteroatoms. The number of halogens is 3. The molecule has 1 unspecified atom stereocenters. The Hall–Kier alpha value is -1.95. The van der Waals surface area contributed by atoms with Gasteiger partial charge >= 0.3 is 6.18 Å². The maximum Gasteiger partial charge on any atom is 0.416 e. The van der Waals surface area contributed by atoms with Gasteiger partial charge in [0, 0.05) is 25.7 Å². The highest BCUT2D eigenvalue weighted by atomic mass is 32.2. The fraction of sp³-hybridized carbons (Fsp3) is 0.476. The van der Waals surface area contributed by atoms with Gasteiger partial charge in [0.05, 0.1) is 16.6 Å². The fourth-order valence-corrected chi connectivity index (χ4v) is 7.18. The molecule has 1 atom stereocenters. The standard InChI is InChI=1S/C21H22F3N3O3S2/c22-21(23,24)14-5-6-17-16(13-14)25-20(18-3-1-11-30-18)27(17)15-7-9-26(10-8-15)32(28,29)19-4-2-12-31-19/h2,4-6,12-13,15,18H,1,3,7-11H2. The topological polar surface area (TPSA) is 64.4 Å². The van der Waals surface area contributed by atoms with Crippen LogP contribution in [0.3, 0.4) is 0 Å². The summed E-state index contributed by atoms with van der Waals surface area (Å²) in [5.41, 5.74) is 0.187. The SMILES string of the molecule is O=S(=O)(c1cccs1)N1CCC(n2c(C3CCCO3)nc3cc(C(F)(F)F)ccc32)CC1. The average Bonchev–Trinajstić information content (AvgIpc) is 3.53. The third-order valence-corrected chi connectivity index (χ3v) is 9.41. The number of sulfonamides is 1. The molecule has 0 aliphatic carbocycles. The van der Waals surface area contributed by atoms with Gasteiger partial charge in [-0.15, -0.1) is 11.3 Å². The number of ether oxygens (including phenoxy) is 1. The molecule has 2 aromatic heterocycles. The van der Waals surface area contributed by atoms with Crippen LogP contribution in [0.25, 0.3) is 11.0 Å². The predicted octanol–water partition coefficient (Wildman–Crippen LogP) is 4.99. The number of alkyl halides is 3. The van der Waals surface area contributed by atoms with Crippen molar-refractivity contribution in [1.82, 2.24) is 13.9 Å². The van der Waals surface area contributed by atoms with Gasteiger partial charge in [-0.2, -0.15) is 17.5 Å². The second-order valence-electron chi connectivity index (χ2n) is 8.11. The molecule has 0 spiro atoms. The van der Waals surface area contributed by atoms with Gasteiger partial charge in [-0.25, -0.2) is 13.4 Å². The van der Waals surface area contributed by atoms with Crippen molar-refractivity contribution in [2.45, 2.75) is 48.2 Å². The molecule has 32 heavy (non-hydrogen) atoms. The van der Waals surface area contributed by atoms with E-state index in [1.54, 1.807) is 17.5 Å². The maximum atomic E-state index is 13.2. The number of aromatic nitrogens is 2. The number of hydrogen-bond donors (Lipinski definition) is 0. The number of fused-ring (bicyclic) bond motifs is 1. The molecule has 3 aromatic rings. The number of hydrogen-bond acceptors (Lipinski definition) is 5. The molecule has 2 fully saturated rings. The second-order valence-corrected chi connectivity index (χ2v) is 11.2. The van der Waals surface area contributed by atoms with E-state index in [9.17, 15) is 21.6 Å². The van der Waals surface area contributed by atoms with Crippen molar-refractivity contribution in [2.75, 3.05) is 19.7 Å². The van der Waals surface area contributed by atoms with Crippen LogP contribution in [0.5, 0.6) is 0 Å². The van der Waals surface area contributed by atoms with E-state index in [1.165, 1.54) is 21.7 Å². The quantitative estimate of drug-likeness (QED) is 0.522. The van der Waals surface area contributed by atoms with Crippen LogP contribution in [-0.2, 0) is 20.9 Å². The molecule has 2 saturated heterocycles. The number of thiophene rings is 1. The highest BCUT2D eigenvalue weighted by molar-refractivity contribution is 7.91. The molecule has 2 aliphatic rings. The summed E-state index contributed by atoms with van der Waals surface area (Å²) in [4.78, 5) is 4.56. The van der Waals surface area contributed by atoms with Crippen molar-refractivity contribution in [2.24, 2.45) is 0 Å². The number of nitrogens with zero attached hydrogens (tertiary/aromatic N) is 3. The number of imidazole rings is 1. The molecule has 5 rings (SSSR count). The summed E-state index contributed by atoms with van der Waals surface area (Å²) >= 11 is 1.19. The zero-order valence-corrected chi connectivity index (χ0v) is 18.7. The van der Waals surface area contributed by atoms with E-state index < -0.39 is 21.8 Å². The van der Waals surface area contributed by atoms with Gasteiger partial charge in [0.1, 0.15) is 16.1 Å². The molecular weight excluding hydrogens is 463 g/mol. The van der Waals surface area contributed by atoms with E-state index in [0.717, 1.165) is 25.0 Å². The van der Waals surface area contributed by atoms with E-state index in [0.29, 0.717) is 53.6 Å². The molecule has 0 bridgehead atoms. The Bertz CT molecular complexity index is 1210. The Morgan fingerprint density at radius 3 is 2.53 bits per heavy atom. The lowest BCUT2D eigenvalue weighted by molar-refractivity contribution is -0.137. The predicted molar refractivity (Wildman–Crippen MR) is 114 cm³/mol. The Balaban J connectivity index is 1.47. The first-order valence-corrected chi connectivity index (χ1v) is 12.8. The van der Waals surface area contributed by atoms with E-state index in [2.05, 4.69) is 4.98 Å². The van der Waals surface area contributed by atoms with E-state index in [4.69, 9.17) is 4.74 Å². The zero-order valence-electron chi connectivity index (χ0n) is 17.1. The Labute approximate surface area is 187 Å². The largest absolute Gasteiger partial charge is 0.416 e. The molecule has 6 nitrogen and oxygen atoms in total. The van der Waals surface area contributed by atoms with Gasteiger partial charge in [0.15, 0.2) is 0 Å². The van der Waals surface area contributed by atoms with Crippen molar-refractivity contribution in [3.8, 4) is 0 Å². The van der Waals surface area contributed by atoms with E-state index in [1.807, 2.05) is 4.57 Å². The van der Waals surface area contributed by atoms with Gasteiger partial charge in [0.2, 0.25) is 0 Å². The highest BCUT2D eigenvalue weighted by Crippen LogP contribution is 2.38. The van der Waals surface area contributed by atoms with Crippen LogP contribution in [0.4, 0.5) is 13.2 Å². The lowest BCUT2D eigenvalue weighted by Crippen LogP contribution is -2.39. The first-order valence-electron chi connectivity index (χ1n) is 10.5. The molecule has 2 aliphatic heterocycles. The third kappa shape index (κ3) is 3.85. The van der Waals surface area contributed by atoms with Crippen LogP contribution < -0.4 is 0 Å².